The molecule has 0 saturated heterocycles. The standard InChI is InChI=1S/C12H15N3O2S/c1-4-17-10(16)9-7-15(8-14-9)12(2,3)11-13-5-6-18-11/h5-8H,4H2,1-3H3. The van der Waals surface area contributed by atoms with Crippen molar-refractivity contribution >= 4 is 17.3 Å². The van der Waals surface area contributed by atoms with Crippen LogP contribution in [0.1, 0.15) is 36.3 Å². The number of ether oxygens (including phenoxy) is 1. The summed E-state index contributed by atoms with van der Waals surface area (Å²) in [6.45, 7) is 6.18. The molecular weight excluding hydrogens is 250 g/mol. The predicted molar refractivity (Wildman–Crippen MR) is 68.7 cm³/mol. The Morgan fingerprint density at radius 3 is 2.89 bits per heavy atom. The third-order valence-corrected chi connectivity index (χ3v) is 3.75. The van der Waals surface area contributed by atoms with Gasteiger partial charge in [-0.2, -0.15) is 0 Å². The molecule has 0 aliphatic carbocycles. The Morgan fingerprint density at radius 2 is 2.28 bits per heavy atom. The highest BCUT2D eigenvalue weighted by molar-refractivity contribution is 7.09. The first-order chi connectivity index (χ1) is 8.55. The maximum atomic E-state index is 11.6. The van der Waals surface area contributed by atoms with E-state index in [9.17, 15) is 4.79 Å². The molecule has 0 aliphatic heterocycles. The van der Waals surface area contributed by atoms with Crippen molar-refractivity contribution < 1.29 is 9.53 Å². The number of thiazole rings is 1. The van der Waals surface area contributed by atoms with Gasteiger partial charge in [0.25, 0.3) is 0 Å². The predicted octanol–water partition coefficient (Wildman–Crippen LogP) is 2.30. The first-order valence-corrected chi connectivity index (χ1v) is 6.55. The van der Waals surface area contributed by atoms with Gasteiger partial charge in [0, 0.05) is 17.8 Å². The zero-order valence-electron chi connectivity index (χ0n) is 10.6. The van der Waals surface area contributed by atoms with Gasteiger partial charge in [-0.05, 0) is 20.8 Å². The number of imidazole rings is 1. The highest BCUT2D eigenvalue weighted by atomic mass is 32.1. The summed E-state index contributed by atoms with van der Waals surface area (Å²) in [7, 11) is 0. The van der Waals surface area contributed by atoms with Crippen LogP contribution in [0.3, 0.4) is 0 Å². The second-order valence-electron chi connectivity index (χ2n) is 4.28. The molecular formula is C12H15N3O2S. The monoisotopic (exact) mass is 265 g/mol. The molecule has 96 valence electrons. The lowest BCUT2D eigenvalue weighted by molar-refractivity contribution is 0.0520. The Morgan fingerprint density at radius 1 is 1.50 bits per heavy atom. The lowest BCUT2D eigenvalue weighted by Gasteiger charge is -2.23. The smallest absolute Gasteiger partial charge is 0.358 e. The van der Waals surface area contributed by atoms with E-state index in [1.807, 2.05) is 23.8 Å². The van der Waals surface area contributed by atoms with Gasteiger partial charge in [0.1, 0.15) is 5.01 Å². The zero-order valence-corrected chi connectivity index (χ0v) is 11.4. The number of carbonyl (C=O) groups excluding carboxylic acids is 1. The van der Waals surface area contributed by atoms with E-state index in [0.717, 1.165) is 5.01 Å². The quantitative estimate of drug-likeness (QED) is 0.796. The fourth-order valence-electron chi connectivity index (χ4n) is 1.58. The van der Waals surface area contributed by atoms with Crippen LogP contribution in [0.5, 0.6) is 0 Å². The van der Waals surface area contributed by atoms with E-state index < -0.39 is 5.97 Å². The topological polar surface area (TPSA) is 57.0 Å². The van der Waals surface area contributed by atoms with E-state index in [0.29, 0.717) is 12.3 Å². The van der Waals surface area contributed by atoms with E-state index in [1.54, 1.807) is 37.0 Å². The van der Waals surface area contributed by atoms with Crippen LogP contribution in [0, 0.1) is 0 Å². The van der Waals surface area contributed by atoms with Crippen LogP contribution in [-0.4, -0.2) is 27.1 Å². The molecule has 0 saturated carbocycles. The molecule has 0 aliphatic rings. The number of nitrogens with zero attached hydrogens (tertiary/aromatic N) is 3. The Balaban J connectivity index is 2.27. The normalized spacial score (nSPS) is 11.5. The summed E-state index contributed by atoms with van der Waals surface area (Å²) in [6, 6.07) is 0. The van der Waals surface area contributed by atoms with Crippen LogP contribution in [0.15, 0.2) is 24.1 Å². The molecule has 0 aromatic carbocycles. The number of esters is 1. The minimum absolute atomic E-state index is 0.321. The molecule has 0 bridgehead atoms. The van der Waals surface area contributed by atoms with Crippen molar-refractivity contribution in [1.82, 2.24) is 14.5 Å². The Hall–Kier alpha value is -1.69. The van der Waals surface area contributed by atoms with E-state index in [4.69, 9.17) is 4.74 Å². The lowest BCUT2D eigenvalue weighted by atomic mass is 10.1. The van der Waals surface area contributed by atoms with Crippen molar-refractivity contribution in [1.29, 1.82) is 0 Å². The summed E-state index contributed by atoms with van der Waals surface area (Å²) >= 11 is 1.58. The first kappa shape index (κ1) is 12.8. The molecule has 18 heavy (non-hydrogen) atoms. The molecule has 0 atom stereocenters. The van der Waals surface area contributed by atoms with Gasteiger partial charge in [0.15, 0.2) is 5.69 Å². The molecule has 2 rings (SSSR count). The first-order valence-electron chi connectivity index (χ1n) is 5.67. The fourth-order valence-corrected chi connectivity index (χ4v) is 2.34. The van der Waals surface area contributed by atoms with Gasteiger partial charge >= 0.3 is 5.97 Å². The summed E-state index contributed by atoms with van der Waals surface area (Å²) in [5.74, 6) is -0.397. The SMILES string of the molecule is CCOC(=O)c1cn(C(C)(C)c2nccs2)cn1. The number of carbonyl (C=O) groups is 1. The fraction of sp³-hybridized carbons (Fsp3) is 0.417. The number of aromatic nitrogens is 3. The van der Waals surface area contributed by atoms with E-state index in [1.165, 1.54) is 0 Å². The van der Waals surface area contributed by atoms with Gasteiger partial charge in [-0.25, -0.2) is 14.8 Å². The van der Waals surface area contributed by atoms with Crippen LogP contribution in [-0.2, 0) is 10.3 Å². The second-order valence-corrected chi connectivity index (χ2v) is 5.18. The molecule has 0 unspecified atom stereocenters. The maximum absolute atomic E-state index is 11.6. The number of hydrogen-bond acceptors (Lipinski definition) is 5. The Kier molecular flexibility index (Phi) is 3.47. The Labute approximate surface area is 109 Å². The summed E-state index contributed by atoms with van der Waals surface area (Å²) in [6.07, 6.45) is 5.10. The highest BCUT2D eigenvalue weighted by Gasteiger charge is 2.26. The van der Waals surface area contributed by atoms with Crippen molar-refractivity contribution in [2.45, 2.75) is 26.3 Å². The maximum Gasteiger partial charge on any atom is 0.358 e. The highest BCUT2D eigenvalue weighted by Crippen LogP contribution is 2.27. The van der Waals surface area contributed by atoms with E-state index >= 15 is 0 Å². The van der Waals surface area contributed by atoms with Gasteiger partial charge in [0.05, 0.1) is 18.5 Å². The molecule has 6 heteroatoms. The van der Waals surface area contributed by atoms with Crippen LogP contribution in [0.25, 0.3) is 0 Å². The summed E-state index contributed by atoms with van der Waals surface area (Å²) in [4.78, 5) is 19.9. The van der Waals surface area contributed by atoms with Gasteiger partial charge < -0.3 is 9.30 Å². The van der Waals surface area contributed by atoms with Crippen molar-refractivity contribution in [2.75, 3.05) is 6.61 Å². The minimum atomic E-state index is -0.397. The molecule has 0 N–H and O–H groups in total. The van der Waals surface area contributed by atoms with Crippen LogP contribution in [0.2, 0.25) is 0 Å². The number of hydrogen-bond donors (Lipinski definition) is 0. The molecule has 2 aromatic rings. The average Bonchev–Trinajstić information content (AvgIpc) is 3.01. The second kappa shape index (κ2) is 4.89. The van der Waals surface area contributed by atoms with Crippen LogP contribution >= 0.6 is 11.3 Å². The van der Waals surface area contributed by atoms with Gasteiger partial charge in [-0.15, -0.1) is 11.3 Å². The zero-order chi connectivity index (χ0) is 13.2. The minimum Gasteiger partial charge on any atom is -0.461 e. The van der Waals surface area contributed by atoms with E-state index in [2.05, 4.69) is 9.97 Å². The summed E-state index contributed by atoms with van der Waals surface area (Å²) in [5.41, 5.74) is -0.00665. The lowest BCUT2D eigenvalue weighted by Crippen LogP contribution is -2.26. The van der Waals surface area contributed by atoms with E-state index in [-0.39, 0.29) is 5.54 Å². The van der Waals surface area contributed by atoms with Gasteiger partial charge in [-0.3, -0.25) is 0 Å². The summed E-state index contributed by atoms with van der Waals surface area (Å²) < 4.78 is 6.79. The van der Waals surface area contributed by atoms with Crippen LogP contribution in [0.4, 0.5) is 0 Å². The molecule has 0 spiro atoms. The third kappa shape index (κ3) is 2.28. The average molecular weight is 265 g/mol. The molecule has 2 heterocycles. The molecule has 2 aromatic heterocycles. The third-order valence-electron chi connectivity index (χ3n) is 2.67. The van der Waals surface area contributed by atoms with Gasteiger partial charge in [0.2, 0.25) is 0 Å². The molecule has 5 nitrogen and oxygen atoms in total. The summed E-state index contributed by atoms with van der Waals surface area (Å²) in [5, 5.41) is 2.90. The number of rotatable bonds is 4. The van der Waals surface area contributed by atoms with Crippen molar-refractivity contribution in [3.05, 3.63) is 34.8 Å². The molecule has 0 amide bonds. The molecule has 0 radical (unpaired) electrons. The van der Waals surface area contributed by atoms with Crippen molar-refractivity contribution in [3.8, 4) is 0 Å². The van der Waals surface area contributed by atoms with Crippen molar-refractivity contribution in [2.24, 2.45) is 0 Å². The largest absolute Gasteiger partial charge is 0.461 e. The van der Waals surface area contributed by atoms with Gasteiger partial charge in [-0.1, -0.05) is 0 Å². The van der Waals surface area contributed by atoms with Crippen molar-refractivity contribution in [3.63, 3.8) is 0 Å². The molecule has 0 fully saturated rings. The Bertz CT molecular complexity index is 531. The van der Waals surface area contributed by atoms with Crippen LogP contribution < -0.4 is 0 Å².